The van der Waals surface area contributed by atoms with E-state index in [1.165, 1.54) is 84.7 Å². The lowest BCUT2D eigenvalue weighted by Gasteiger charge is -2.29. The number of rotatable bonds is 24. The van der Waals surface area contributed by atoms with Crippen molar-refractivity contribution in [2.75, 3.05) is 78.5 Å². The Kier molecular flexibility index (Phi) is 29.8. The van der Waals surface area contributed by atoms with Gasteiger partial charge in [-0.2, -0.15) is 9.78 Å². The highest BCUT2D eigenvalue weighted by molar-refractivity contribution is 6.47. The molecule has 17 aromatic rings. The van der Waals surface area contributed by atoms with Crippen LogP contribution >= 0.6 is 11.6 Å². The van der Waals surface area contributed by atoms with Gasteiger partial charge in [0.15, 0.2) is 23.3 Å². The Balaban J connectivity index is 0.000000132. The van der Waals surface area contributed by atoms with Gasteiger partial charge in [-0.1, -0.05) is 67.0 Å². The van der Waals surface area contributed by atoms with Gasteiger partial charge in [-0.15, -0.1) is 0 Å². The zero-order valence-electron chi connectivity index (χ0n) is 79.5. The van der Waals surface area contributed by atoms with Crippen LogP contribution in [0.5, 0.6) is 0 Å². The molecule has 3 aliphatic heterocycles. The number of nitrogens with zero attached hydrogens (tertiary/aromatic N) is 18. The van der Waals surface area contributed by atoms with Gasteiger partial charge >= 0.3 is 5.91 Å². The second-order valence-corrected chi connectivity index (χ2v) is 36.3. The van der Waals surface area contributed by atoms with Crippen LogP contribution in [0.4, 0.5) is 69.3 Å². The number of Topliss-reactive ketones (excluding diaryl/α,β-unsaturated/α-hetero) is 3. The number of carbonyl (C=O) groups excluding carboxylic acids is 7. The number of aromatic amines is 4. The van der Waals surface area contributed by atoms with Crippen LogP contribution in [-0.2, 0) is 14.4 Å². The van der Waals surface area contributed by atoms with Crippen LogP contribution in [0.2, 0.25) is 5.02 Å². The lowest BCUT2D eigenvalue weighted by atomic mass is 9.95. The molecule has 16 heterocycles. The van der Waals surface area contributed by atoms with Gasteiger partial charge in [0.2, 0.25) is 5.91 Å². The molecule has 0 unspecified atom stereocenters. The molecule has 734 valence electrons. The Morgan fingerprint density at radius 2 is 0.764 bits per heavy atom. The summed E-state index contributed by atoms with van der Waals surface area (Å²) in [5.74, 6) is -2.05. The molecule has 0 atom stereocenters. The molecule has 13 aromatic heterocycles. The summed E-state index contributed by atoms with van der Waals surface area (Å²) in [6, 6.07) is 29.3. The van der Waals surface area contributed by atoms with E-state index in [0.717, 1.165) is 75.5 Å². The van der Waals surface area contributed by atoms with Crippen molar-refractivity contribution in [2.24, 2.45) is 17.4 Å². The highest BCUT2D eigenvalue weighted by Gasteiger charge is 2.35. The number of hydrogen-bond acceptors (Lipinski definition) is 28. The van der Waals surface area contributed by atoms with Gasteiger partial charge in [-0.3, -0.25) is 33.6 Å². The smallest absolute Gasteiger partial charge is 0.320 e. The predicted molar refractivity (Wildman–Crippen MR) is 540 cm³/mol. The first kappa shape index (κ1) is 98.7. The molecule has 144 heavy (non-hydrogen) atoms. The van der Waals surface area contributed by atoms with Crippen LogP contribution in [0.3, 0.4) is 0 Å². The number of likely N-dealkylation sites (tertiary alicyclic amines) is 2. The minimum atomic E-state index is -0.846. The number of hydrogen-bond donors (Lipinski definition) is 11. The van der Waals surface area contributed by atoms with E-state index < -0.39 is 40.9 Å². The van der Waals surface area contributed by atoms with E-state index in [0.29, 0.717) is 151 Å². The van der Waals surface area contributed by atoms with Gasteiger partial charge in [0.1, 0.15) is 81.8 Å². The molecule has 0 saturated carbocycles. The number of piperidine rings is 2. The number of nitrogens with one attached hydrogen (secondary N) is 9. The van der Waals surface area contributed by atoms with E-state index in [4.69, 9.17) is 38.0 Å². The van der Waals surface area contributed by atoms with Gasteiger partial charge in [0.25, 0.3) is 29.2 Å². The van der Waals surface area contributed by atoms with Gasteiger partial charge in [0, 0.05) is 183 Å². The van der Waals surface area contributed by atoms with Crippen molar-refractivity contribution in [1.82, 2.24) is 110 Å². The van der Waals surface area contributed by atoms with Gasteiger partial charge in [-0.25, -0.2) is 82.4 Å². The van der Waals surface area contributed by atoms with Gasteiger partial charge in [0.05, 0.1) is 72.2 Å². The highest BCUT2D eigenvalue weighted by Crippen LogP contribution is 2.41. The van der Waals surface area contributed by atoms with Crippen molar-refractivity contribution in [3.63, 3.8) is 0 Å². The highest BCUT2D eigenvalue weighted by atomic mass is 35.5. The maximum atomic E-state index is 14.5. The zero-order valence-corrected chi connectivity index (χ0v) is 80.2. The van der Waals surface area contributed by atoms with E-state index >= 15 is 0 Å². The lowest BCUT2D eigenvalue weighted by molar-refractivity contribution is -0.131. The fourth-order valence-electron chi connectivity index (χ4n) is 17.0. The molecule has 0 spiro atoms. The molecule has 0 aliphatic carbocycles. The van der Waals surface area contributed by atoms with Crippen LogP contribution in [-0.4, -0.2) is 204 Å². The summed E-state index contributed by atoms with van der Waals surface area (Å²) >= 11 is 6.10. The third-order valence-corrected chi connectivity index (χ3v) is 25.2. The molecule has 3 fully saturated rings. The standard InChI is InChI=1S/C28H28FN7O3.C27H28FN7O2.C24H25ClFN7.C24H19FN8O2/c1-15(2)19-13-32-25(17-3-5-18(29)6-4-17)35-26(19)34-21-7-10-31-27-22(21)20(14-33-27)23(37)28(39)36-11-8-16(9-12-36)24(30)38;1-15(2)19-13-31-24(16-3-5-17(28)6-4-16)34-25(19)33-21-7-10-30-26-22(21)20(14-32-26)23(36)27(37)35-11-8-18(29)9-12-35;1-14(2)17-12-29-22(16-11-15(25)3-4-18(16)26)32-23(17)31-19-5-6-28-24-21(19)20(13-30-24)33-9-7-27-8-10-33;1-13(2)16-9-28-21(14-3-5-15(25)6-4-14)32-22(16)31-18-7-8-27-23-19(18)17(10-29-23)20(34)24(35)33-12-26-11-30-33/h3-7,10,13-16H,8-9,11-12H2,1-2H3,(H2,30,38)(H2,31,32,33,34,35);3-7,10,13-15,18H,8-9,11-12,29H2,1-2H3,(H2,30,31,32,33,34);3-6,11-14,27H,7-10H2,1-2H3,(H2,28,29,30,31,32);3-13H,1-2H3,(H2,27,28,29,31,32). The molecule has 36 nitrogen and oxygen atoms in total. The van der Waals surface area contributed by atoms with E-state index in [-0.39, 0.29) is 100 Å². The average molecular weight is 1970 g/mol. The first-order chi connectivity index (χ1) is 69.5. The number of pyridine rings is 4. The number of carbonyl (C=O) groups is 7. The predicted octanol–water partition coefficient (Wildman–Crippen LogP) is 17.3. The zero-order chi connectivity index (χ0) is 101. The molecular formula is C103H100ClF4N29O7. The van der Waals surface area contributed by atoms with E-state index in [1.54, 1.807) is 115 Å². The number of benzene rings is 4. The molecule has 3 aliphatic rings. The van der Waals surface area contributed by atoms with Gasteiger partial charge in [-0.05, 0) is 165 Å². The number of aromatic nitrogens is 19. The number of halogens is 5. The van der Waals surface area contributed by atoms with Crippen molar-refractivity contribution in [3.05, 3.63) is 270 Å². The molecule has 0 radical (unpaired) electrons. The van der Waals surface area contributed by atoms with Crippen molar-refractivity contribution in [2.45, 2.75) is 111 Å². The van der Waals surface area contributed by atoms with Crippen LogP contribution in [0, 0.1) is 29.2 Å². The molecule has 3 amide bonds. The van der Waals surface area contributed by atoms with Crippen LogP contribution in [0.1, 0.15) is 163 Å². The lowest BCUT2D eigenvalue weighted by Crippen LogP contribution is -2.45. The summed E-state index contributed by atoms with van der Waals surface area (Å²) in [5, 5.41) is 23.4. The molecule has 3 saturated heterocycles. The summed E-state index contributed by atoms with van der Waals surface area (Å²) in [6.07, 6.45) is 24.4. The van der Waals surface area contributed by atoms with Crippen molar-refractivity contribution in [3.8, 4) is 45.6 Å². The van der Waals surface area contributed by atoms with Crippen molar-refractivity contribution < 1.29 is 51.1 Å². The Labute approximate surface area is 826 Å². The number of nitrogens with two attached hydrogens (primary N) is 2. The molecule has 41 heteroatoms. The first-order valence-corrected chi connectivity index (χ1v) is 47.1. The fourth-order valence-corrected chi connectivity index (χ4v) is 17.2. The van der Waals surface area contributed by atoms with E-state index in [2.05, 4.69) is 120 Å². The maximum Gasteiger partial charge on any atom is 0.320 e. The number of anilines is 9. The second kappa shape index (κ2) is 43.5. The summed E-state index contributed by atoms with van der Waals surface area (Å²) < 4.78 is 55.7. The van der Waals surface area contributed by atoms with Crippen molar-refractivity contribution in [1.29, 1.82) is 0 Å². The van der Waals surface area contributed by atoms with Crippen LogP contribution in [0.25, 0.3) is 89.7 Å². The topological polar surface area (TPSA) is 490 Å². The summed E-state index contributed by atoms with van der Waals surface area (Å²) in [4.78, 5) is 165. The minimum Gasteiger partial charge on any atom is -0.369 e. The Morgan fingerprint density at radius 3 is 1.13 bits per heavy atom. The SMILES string of the molecule is CC(C)c1cnc(-c2cc(Cl)ccc2F)nc1Nc1ccnc2[nH]cc(N3CCNCC3)c12.CC(C)c1cnc(-c2ccc(F)cc2)nc1Nc1ccnc2[nH]cc(C(=O)C(=O)N3CCC(C(N)=O)CC3)c12.CC(C)c1cnc(-c2ccc(F)cc2)nc1Nc1ccnc2[nH]cc(C(=O)C(=O)N3CCC(N)CC3)c12.CC(C)c1cnc(-c2ccc(F)cc2)nc1Nc1ccnc2[nH]cc(C(=O)C(=O)n3cncn3)c12. The largest absolute Gasteiger partial charge is 0.369 e. The fraction of sp³-hybridized carbons (Fsp3) is 0.252. The average Bonchev–Trinajstić information content (AvgIpc) is 1.66. The second-order valence-electron chi connectivity index (χ2n) is 35.8. The monoisotopic (exact) mass is 1970 g/mol. The summed E-state index contributed by atoms with van der Waals surface area (Å²) in [7, 11) is 0. The molecule has 0 bridgehead atoms. The first-order valence-electron chi connectivity index (χ1n) is 46.7. The number of fused-ring (bicyclic) bond motifs is 4. The molecule has 4 aromatic carbocycles. The van der Waals surface area contributed by atoms with Crippen molar-refractivity contribution >= 4 is 148 Å². The number of ketones is 3. The number of amides is 3. The molecule has 13 N–H and O–H groups in total. The Bertz CT molecular complexity index is 7650. The quantitative estimate of drug-likeness (QED) is 0.0152. The Hall–Kier alpha value is -16.9. The minimum absolute atomic E-state index is 0.0510. The van der Waals surface area contributed by atoms with Crippen LogP contribution in [0.15, 0.2) is 202 Å². The van der Waals surface area contributed by atoms with E-state index in [9.17, 15) is 51.1 Å². The molecular weight excluding hydrogens is 1870 g/mol. The maximum absolute atomic E-state index is 14.5. The third kappa shape index (κ3) is 21.8. The summed E-state index contributed by atoms with van der Waals surface area (Å²) in [6.45, 7) is 21.4. The van der Waals surface area contributed by atoms with Crippen LogP contribution < -0.4 is 43.0 Å². The Morgan fingerprint density at radius 1 is 0.417 bits per heavy atom. The third-order valence-electron chi connectivity index (χ3n) is 24.9. The molecule has 20 rings (SSSR count). The van der Waals surface area contributed by atoms with Gasteiger partial charge < -0.3 is 72.7 Å². The number of primary amides is 1. The summed E-state index contributed by atoms with van der Waals surface area (Å²) in [5.41, 5.74) is 23.4. The number of piperazine rings is 1. The van der Waals surface area contributed by atoms with E-state index in [1.807, 2.05) is 53.8 Å². The normalized spacial score (nSPS) is 13.5. The number of H-pyrrole nitrogens is 4.